The summed E-state index contributed by atoms with van der Waals surface area (Å²) in [5, 5.41) is 14.9. The van der Waals surface area contributed by atoms with E-state index in [1.165, 1.54) is 0 Å². The van der Waals surface area contributed by atoms with Crippen molar-refractivity contribution in [1.29, 1.82) is 5.41 Å². The van der Waals surface area contributed by atoms with Gasteiger partial charge in [-0.05, 0) is 70.6 Å². The highest BCUT2D eigenvalue weighted by atomic mass is 19.4. The summed E-state index contributed by atoms with van der Waals surface area (Å²) in [4.78, 5) is 4.58. The third-order valence-corrected chi connectivity index (χ3v) is 6.66. The van der Waals surface area contributed by atoms with Crippen LogP contribution in [0.5, 0.6) is 0 Å². The maximum Gasteiger partial charge on any atom is 0.432 e. The molecule has 1 saturated heterocycles. The van der Waals surface area contributed by atoms with Crippen LogP contribution >= 0.6 is 0 Å². The Balaban J connectivity index is 1.47. The fourth-order valence-electron chi connectivity index (χ4n) is 4.57. The molecule has 0 unspecified atom stereocenters. The lowest BCUT2D eigenvalue weighted by Crippen LogP contribution is -2.44. The van der Waals surface area contributed by atoms with Crippen LogP contribution in [0, 0.1) is 5.41 Å². The third kappa shape index (κ3) is 5.06. The molecular weight excluding hydrogens is 461 g/mol. The maximum atomic E-state index is 13.3. The van der Waals surface area contributed by atoms with E-state index >= 15 is 0 Å². The van der Waals surface area contributed by atoms with Gasteiger partial charge in [0.05, 0.1) is 0 Å². The molecule has 4 aromatic rings. The fraction of sp³-hybridized carbons (Fsp3) is 0.207. The number of nitrogens with zero attached hydrogens (tertiary/aromatic N) is 2. The van der Waals surface area contributed by atoms with E-state index in [2.05, 4.69) is 22.2 Å². The first-order valence-corrected chi connectivity index (χ1v) is 11.9. The van der Waals surface area contributed by atoms with Crippen LogP contribution in [0.25, 0.3) is 27.2 Å². The number of piperazine rings is 1. The molecule has 7 heteroatoms. The van der Waals surface area contributed by atoms with E-state index in [1.54, 1.807) is 6.07 Å². The molecule has 0 amide bonds. The zero-order valence-corrected chi connectivity index (χ0v) is 19.9. The number of fused-ring (bicyclic) bond motifs is 3. The van der Waals surface area contributed by atoms with Crippen molar-refractivity contribution in [3.8, 4) is 0 Å². The second-order valence-electron chi connectivity index (χ2n) is 9.15. The molecule has 4 aromatic carbocycles. The van der Waals surface area contributed by atoms with Gasteiger partial charge in [0, 0.05) is 43.3 Å². The predicted molar refractivity (Wildman–Crippen MR) is 143 cm³/mol. The van der Waals surface area contributed by atoms with Gasteiger partial charge in [-0.25, -0.2) is 0 Å². The molecule has 184 valence electrons. The van der Waals surface area contributed by atoms with Gasteiger partial charge in [-0.3, -0.25) is 5.41 Å². The van der Waals surface area contributed by atoms with Crippen LogP contribution in [0.3, 0.4) is 0 Å². The SMILES string of the molecule is CN1CCN(c2ccc(N/C(=C\C(=N)C(F)(F)F)c3ccc4c(ccc5ccccc54)c3)cc2)CC1. The van der Waals surface area contributed by atoms with Crippen molar-refractivity contribution in [1.82, 2.24) is 4.90 Å². The zero-order chi connectivity index (χ0) is 25.3. The van der Waals surface area contributed by atoms with Gasteiger partial charge in [0.25, 0.3) is 0 Å². The number of rotatable bonds is 5. The molecule has 1 fully saturated rings. The molecule has 1 aliphatic rings. The standard InChI is InChI=1S/C29H27F3N4/c1-35-14-16-36(17-15-35)24-11-9-23(10-12-24)34-27(19-28(33)29(30,31)32)22-8-13-26-21(18-22)7-6-20-4-2-3-5-25(20)26/h2-13,18-19,33-34H,14-17H2,1H3/b27-19-,33-28?. The number of likely N-dealkylation sites (N-methyl/N-ethyl adjacent to an activating group) is 1. The van der Waals surface area contributed by atoms with E-state index in [0.717, 1.165) is 59.5 Å². The average Bonchev–Trinajstić information content (AvgIpc) is 2.88. The van der Waals surface area contributed by atoms with E-state index in [4.69, 9.17) is 5.41 Å². The van der Waals surface area contributed by atoms with Gasteiger partial charge < -0.3 is 15.1 Å². The zero-order valence-electron chi connectivity index (χ0n) is 19.9. The van der Waals surface area contributed by atoms with Gasteiger partial charge in [-0.2, -0.15) is 13.2 Å². The van der Waals surface area contributed by atoms with Crippen LogP contribution in [-0.4, -0.2) is 50.0 Å². The molecule has 5 rings (SSSR count). The summed E-state index contributed by atoms with van der Waals surface area (Å²) in [6.45, 7) is 3.85. The number of halogens is 3. The Kier molecular flexibility index (Phi) is 6.41. The lowest BCUT2D eigenvalue weighted by molar-refractivity contribution is -0.0583. The monoisotopic (exact) mass is 488 g/mol. The molecule has 0 bridgehead atoms. The van der Waals surface area contributed by atoms with Crippen molar-refractivity contribution in [3.05, 3.63) is 90.5 Å². The minimum atomic E-state index is -4.73. The molecule has 36 heavy (non-hydrogen) atoms. The van der Waals surface area contributed by atoms with Gasteiger partial charge in [-0.1, -0.05) is 48.5 Å². The molecule has 1 aliphatic heterocycles. The number of hydrogen-bond acceptors (Lipinski definition) is 4. The van der Waals surface area contributed by atoms with Crippen molar-refractivity contribution >= 4 is 44.3 Å². The minimum Gasteiger partial charge on any atom is -0.369 e. The van der Waals surface area contributed by atoms with Crippen molar-refractivity contribution in [2.75, 3.05) is 43.4 Å². The van der Waals surface area contributed by atoms with Crippen LogP contribution < -0.4 is 10.2 Å². The van der Waals surface area contributed by atoms with Gasteiger partial charge in [-0.15, -0.1) is 0 Å². The maximum absolute atomic E-state index is 13.3. The van der Waals surface area contributed by atoms with E-state index in [1.807, 2.05) is 72.8 Å². The van der Waals surface area contributed by atoms with Crippen molar-refractivity contribution in [2.24, 2.45) is 0 Å². The summed E-state index contributed by atoms with van der Waals surface area (Å²) in [7, 11) is 2.10. The number of anilines is 2. The third-order valence-electron chi connectivity index (χ3n) is 6.66. The second-order valence-corrected chi connectivity index (χ2v) is 9.15. The molecule has 1 heterocycles. The molecule has 2 N–H and O–H groups in total. The quantitative estimate of drug-likeness (QED) is 0.240. The molecule has 0 atom stereocenters. The molecule has 0 radical (unpaired) electrons. The summed E-state index contributed by atoms with van der Waals surface area (Å²) < 4.78 is 39.8. The lowest BCUT2D eigenvalue weighted by atomic mass is 9.99. The number of nitrogens with one attached hydrogen (secondary N) is 2. The Morgan fingerprint density at radius 3 is 2.22 bits per heavy atom. The first kappa shape index (κ1) is 23.9. The van der Waals surface area contributed by atoms with Crippen molar-refractivity contribution in [2.45, 2.75) is 6.18 Å². The highest BCUT2D eigenvalue weighted by molar-refractivity contribution is 6.09. The van der Waals surface area contributed by atoms with E-state index in [0.29, 0.717) is 11.3 Å². The molecule has 4 nitrogen and oxygen atoms in total. The van der Waals surface area contributed by atoms with Crippen LogP contribution in [0.1, 0.15) is 5.56 Å². The van der Waals surface area contributed by atoms with Gasteiger partial charge >= 0.3 is 6.18 Å². The van der Waals surface area contributed by atoms with E-state index < -0.39 is 11.9 Å². The van der Waals surface area contributed by atoms with Crippen LogP contribution in [0.2, 0.25) is 0 Å². The van der Waals surface area contributed by atoms with Crippen LogP contribution in [-0.2, 0) is 0 Å². The van der Waals surface area contributed by atoms with Crippen LogP contribution in [0.4, 0.5) is 24.5 Å². The number of hydrogen-bond donors (Lipinski definition) is 2. The molecule has 0 spiro atoms. The van der Waals surface area contributed by atoms with Crippen molar-refractivity contribution in [3.63, 3.8) is 0 Å². The van der Waals surface area contributed by atoms with E-state index in [-0.39, 0.29) is 5.70 Å². The van der Waals surface area contributed by atoms with Gasteiger partial charge in [0.1, 0.15) is 5.71 Å². The van der Waals surface area contributed by atoms with Gasteiger partial charge in [0.2, 0.25) is 0 Å². The summed E-state index contributed by atoms with van der Waals surface area (Å²) >= 11 is 0. The summed E-state index contributed by atoms with van der Waals surface area (Å²) in [6, 6.07) is 25.3. The minimum absolute atomic E-state index is 0.222. The topological polar surface area (TPSA) is 42.4 Å². The second kappa shape index (κ2) is 9.66. The van der Waals surface area contributed by atoms with Gasteiger partial charge in [0.15, 0.2) is 0 Å². The Morgan fingerprint density at radius 2 is 1.50 bits per heavy atom. The largest absolute Gasteiger partial charge is 0.432 e. The number of allylic oxidation sites excluding steroid dienone is 1. The fourth-order valence-corrected chi connectivity index (χ4v) is 4.57. The summed E-state index contributed by atoms with van der Waals surface area (Å²) in [5.74, 6) is 0. The Hall–Kier alpha value is -3.84. The highest BCUT2D eigenvalue weighted by Crippen LogP contribution is 2.30. The lowest BCUT2D eigenvalue weighted by Gasteiger charge is -2.34. The summed E-state index contributed by atoms with van der Waals surface area (Å²) in [6.07, 6.45) is -3.87. The van der Waals surface area contributed by atoms with Crippen molar-refractivity contribution < 1.29 is 13.2 Å². The highest BCUT2D eigenvalue weighted by Gasteiger charge is 2.33. The molecule has 0 aliphatic carbocycles. The number of alkyl halides is 3. The first-order valence-electron chi connectivity index (χ1n) is 11.9. The first-order chi connectivity index (χ1) is 17.3. The molecule has 0 saturated carbocycles. The average molecular weight is 489 g/mol. The smallest absolute Gasteiger partial charge is 0.369 e. The predicted octanol–water partition coefficient (Wildman–Crippen LogP) is 6.78. The Bertz CT molecular complexity index is 1430. The Labute approximate surface area is 208 Å². The summed E-state index contributed by atoms with van der Waals surface area (Å²) in [5.41, 5.74) is 1.14. The Morgan fingerprint density at radius 1 is 0.833 bits per heavy atom. The molecular formula is C29H27F3N4. The van der Waals surface area contributed by atoms with Crippen LogP contribution in [0.15, 0.2) is 84.9 Å². The molecule has 0 aromatic heterocycles. The normalized spacial score (nSPS) is 15.4. The number of benzene rings is 4. The van der Waals surface area contributed by atoms with E-state index in [9.17, 15) is 13.2 Å².